The van der Waals surface area contributed by atoms with Gasteiger partial charge in [0.05, 0.1) is 8.15 Å². The summed E-state index contributed by atoms with van der Waals surface area (Å²) in [5, 5.41) is 1.53. The number of benzene rings is 1. The molecule has 0 amide bonds. The molecule has 1 aromatic carbocycles. The van der Waals surface area contributed by atoms with E-state index in [1.165, 1.54) is 5.30 Å². The van der Waals surface area contributed by atoms with E-state index in [4.69, 9.17) is 4.52 Å². The van der Waals surface area contributed by atoms with Crippen LogP contribution in [0.2, 0.25) is 0 Å². The van der Waals surface area contributed by atoms with E-state index in [0.717, 1.165) is 0 Å². The number of hydrogen-bond donors (Lipinski definition) is 0. The van der Waals surface area contributed by atoms with Crippen molar-refractivity contribution in [2.24, 2.45) is 0 Å². The zero-order valence-electron chi connectivity index (χ0n) is 8.74. The molecule has 0 N–H and O–H groups in total. The highest BCUT2D eigenvalue weighted by Gasteiger charge is 2.25. The third-order valence-corrected chi connectivity index (χ3v) is 4.13. The lowest BCUT2D eigenvalue weighted by Gasteiger charge is -2.29. The fourth-order valence-electron chi connectivity index (χ4n) is 1.33. The summed E-state index contributed by atoms with van der Waals surface area (Å²) in [6, 6.07) is 10.4. The summed E-state index contributed by atoms with van der Waals surface area (Å²) >= 11 is 0. The number of rotatable bonds is 2. The van der Waals surface area contributed by atoms with Crippen LogP contribution in [0.25, 0.3) is 0 Å². The van der Waals surface area contributed by atoms with Gasteiger partial charge in [-0.05, 0) is 0 Å². The first kappa shape index (κ1) is 10.7. The predicted molar refractivity (Wildman–Crippen MR) is 59.8 cm³/mol. The van der Waals surface area contributed by atoms with Crippen LogP contribution in [0.3, 0.4) is 0 Å². The van der Waals surface area contributed by atoms with Crippen LogP contribution in [-0.4, -0.2) is 12.3 Å². The van der Waals surface area contributed by atoms with E-state index in [0.29, 0.717) is 0 Å². The van der Waals surface area contributed by atoms with E-state index >= 15 is 0 Å². The second-order valence-corrected chi connectivity index (χ2v) is 6.80. The predicted octanol–water partition coefficient (Wildman–Crippen LogP) is 3.15. The lowest BCUT2D eigenvalue weighted by Crippen LogP contribution is -2.19. The van der Waals surface area contributed by atoms with Gasteiger partial charge in [-0.2, -0.15) is 0 Å². The molecule has 1 rings (SSSR count). The average molecular weight is 196 g/mol. The molecule has 0 heterocycles. The van der Waals surface area contributed by atoms with E-state index < -0.39 is 8.15 Å². The van der Waals surface area contributed by atoms with Crippen LogP contribution in [-0.2, 0) is 4.52 Å². The molecule has 0 radical (unpaired) electrons. The van der Waals surface area contributed by atoms with Gasteiger partial charge in [0, 0.05) is 17.6 Å². The first-order valence-corrected chi connectivity index (χ1v) is 5.71. The van der Waals surface area contributed by atoms with Crippen molar-refractivity contribution in [3.05, 3.63) is 30.3 Å². The Kier molecular flexibility index (Phi) is 3.47. The Morgan fingerprint density at radius 3 is 2.00 bits per heavy atom. The van der Waals surface area contributed by atoms with Gasteiger partial charge in [0.2, 0.25) is 0 Å². The largest absolute Gasteiger partial charge is 0.357 e. The smallest absolute Gasteiger partial charge is 0.0654 e. The highest BCUT2D eigenvalue weighted by Crippen LogP contribution is 2.48. The van der Waals surface area contributed by atoms with Gasteiger partial charge in [0.25, 0.3) is 0 Å². The Labute approximate surface area is 82.0 Å². The van der Waals surface area contributed by atoms with Crippen molar-refractivity contribution in [2.75, 3.05) is 7.11 Å². The molecule has 0 aliphatic rings. The minimum atomic E-state index is -0.495. The summed E-state index contributed by atoms with van der Waals surface area (Å²) in [6.07, 6.45) is 0. The van der Waals surface area contributed by atoms with Crippen LogP contribution in [0.5, 0.6) is 0 Å². The molecular formula is C11H17OP. The molecule has 0 bridgehead atoms. The molecule has 0 aliphatic carbocycles. The molecule has 0 saturated carbocycles. The summed E-state index contributed by atoms with van der Waals surface area (Å²) in [4.78, 5) is 0. The Bertz CT molecular complexity index is 251. The van der Waals surface area contributed by atoms with E-state index in [9.17, 15) is 0 Å². The van der Waals surface area contributed by atoms with Crippen molar-refractivity contribution in [1.29, 1.82) is 0 Å². The summed E-state index contributed by atoms with van der Waals surface area (Å²) in [7, 11) is 1.30. The van der Waals surface area contributed by atoms with Gasteiger partial charge in [-0.1, -0.05) is 51.1 Å². The maximum Gasteiger partial charge on any atom is 0.0654 e. The molecule has 0 saturated heterocycles. The lowest BCUT2D eigenvalue weighted by atomic mass is 10.3. The molecule has 13 heavy (non-hydrogen) atoms. The fourth-order valence-corrected chi connectivity index (χ4v) is 3.31. The van der Waals surface area contributed by atoms with Crippen molar-refractivity contribution >= 4 is 13.5 Å². The monoisotopic (exact) mass is 196 g/mol. The minimum Gasteiger partial charge on any atom is -0.357 e. The van der Waals surface area contributed by atoms with E-state index in [1.807, 2.05) is 6.07 Å². The molecule has 0 spiro atoms. The first-order chi connectivity index (χ1) is 6.05. The van der Waals surface area contributed by atoms with Crippen LogP contribution in [0.15, 0.2) is 30.3 Å². The van der Waals surface area contributed by atoms with Crippen molar-refractivity contribution in [1.82, 2.24) is 0 Å². The summed E-state index contributed by atoms with van der Waals surface area (Å²) in [6.45, 7) is 6.65. The van der Waals surface area contributed by atoms with Crippen LogP contribution in [0.1, 0.15) is 20.8 Å². The van der Waals surface area contributed by atoms with Gasteiger partial charge in [-0.15, -0.1) is 0 Å². The zero-order valence-corrected chi connectivity index (χ0v) is 9.64. The second kappa shape index (κ2) is 4.21. The molecule has 0 fully saturated rings. The van der Waals surface area contributed by atoms with Crippen LogP contribution in [0.4, 0.5) is 0 Å². The molecule has 1 atom stereocenters. The van der Waals surface area contributed by atoms with Crippen molar-refractivity contribution in [2.45, 2.75) is 25.9 Å². The summed E-state index contributed by atoms with van der Waals surface area (Å²) < 4.78 is 5.57. The molecule has 1 nitrogen and oxygen atoms in total. The zero-order chi connectivity index (χ0) is 9.90. The van der Waals surface area contributed by atoms with Crippen molar-refractivity contribution < 1.29 is 4.52 Å². The van der Waals surface area contributed by atoms with Crippen LogP contribution >= 0.6 is 8.15 Å². The highest BCUT2D eigenvalue weighted by molar-refractivity contribution is 7.62. The lowest BCUT2D eigenvalue weighted by molar-refractivity contribution is 0.449. The van der Waals surface area contributed by atoms with Crippen molar-refractivity contribution in [3.63, 3.8) is 0 Å². The van der Waals surface area contributed by atoms with Crippen LogP contribution in [0, 0.1) is 0 Å². The topological polar surface area (TPSA) is 9.23 Å². The summed E-state index contributed by atoms with van der Waals surface area (Å²) in [5.41, 5.74) is 0. The number of hydrogen-bond acceptors (Lipinski definition) is 1. The Balaban J connectivity index is 2.92. The van der Waals surface area contributed by atoms with E-state index in [2.05, 4.69) is 45.0 Å². The standard InChI is InChI=1S/C11H17OP/c1-11(2,3)13(12-4)10-8-6-5-7-9-10/h5-9H,1-4H3/t13-/m1/s1. The molecule has 1 aromatic rings. The molecule has 2 heteroatoms. The maximum absolute atomic E-state index is 5.57. The minimum absolute atomic E-state index is 0.214. The maximum atomic E-state index is 5.57. The molecule has 72 valence electrons. The van der Waals surface area contributed by atoms with Gasteiger partial charge < -0.3 is 4.52 Å². The highest BCUT2D eigenvalue weighted by atomic mass is 31.1. The van der Waals surface area contributed by atoms with Gasteiger partial charge in [-0.3, -0.25) is 0 Å². The van der Waals surface area contributed by atoms with Gasteiger partial charge in [-0.25, -0.2) is 0 Å². The SMILES string of the molecule is CO[P@](c1ccccc1)C(C)(C)C. The Morgan fingerprint density at radius 1 is 1.08 bits per heavy atom. The van der Waals surface area contributed by atoms with Gasteiger partial charge in [0.15, 0.2) is 0 Å². The Hall–Kier alpha value is -0.390. The van der Waals surface area contributed by atoms with Gasteiger partial charge >= 0.3 is 0 Å². The fraction of sp³-hybridized carbons (Fsp3) is 0.455. The third-order valence-electron chi connectivity index (χ3n) is 1.78. The normalized spacial score (nSPS) is 14.2. The molecule has 0 aliphatic heterocycles. The quantitative estimate of drug-likeness (QED) is 0.660. The molecule has 0 unspecified atom stereocenters. The third kappa shape index (κ3) is 2.79. The van der Waals surface area contributed by atoms with E-state index in [-0.39, 0.29) is 5.16 Å². The second-order valence-electron chi connectivity index (χ2n) is 3.98. The molecular weight excluding hydrogens is 179 g/mol. The van der Waals surface area contributed by atoms with Crippen molar-refractivity contribution in [3.8, 4) is 0 Å². The summed E-state index contributed by atoms with van der Waals surface area (Å²) in [5.74, 6) is 0. The average Bonchev–Trinajstić information content (AvgIpc) is 2.05. The first-order valence-electron chi connectivity index (χ1n) is 4.45. The van der Waals surface area contributed by atoms with Crippen LogP contribution < -0.4 is 5.30 Å². The molecule has 0 aromatic heterocycles. The Morgan fingerprint density at radius 2 is 1.62 bits per heavy atom. The van der Waals surface area contributed by atoms with Gasteiger partial charge in [0.1, 0.15) is 0 Å². The van der Waals surface area contributed by atoms with E-state index in [1.54, 1.807) is 7.11 Å².